The fourth-order valence-corrected chi connectivity index (χ4v) is 3.48. The number of fused-ring (bicyclic) bond motifs is 1. The lowest BCUT2D eigenvalue weighted by atomic mass is 10.1. The molecule has 0 radical (unpaired) electrons. The number of anilines is 1. The Hall–Kier alpha value is -3.45. The quantitative estimate of drug-likeness (QED) is 0.521. The van der Waals surface area contributed by atoms with Crippen molar-refractivity contribution in [2.75, 3.05) is 12.4 Å². The Bertz CT molecular complexity index is 1240. The SMILES string of the molecule is COc1ccc(Cl)cc1NC(=O)Cc1c(C)nc2nc(-c3ccccc3)nn2c1C. The third-order valence-electron chi connectivity index (χ3n) is 4.85. The Morgan fingerprint density at radius 3 is 2.63 bits per heavy atom. The maximum Gasteiger partial charge on any atom is 0.253 e. The van der Waals surface area contributed by atoms with Gasteiger partial charge in [-0.3, -0.25) is 4.79 Å². The summed E-state index contributed by atoms with van der Waals surface area (Å²) in [5, 5.41) is 7.96. The second-order valence-electron chi connectivity index (χ2n) is 6.84. The van der Waals surface area contributed by atoms with Crippen LogP contribution in [0.2, 0.25) is 5.02 Å². The van der Waals surface area contributed by atoms with Gasteiger partial charge >= 0.3 is 0 Å². The van der Waals surface area contributed by atoms with Crippen molar-refractivity contribution in [3.8, 4) is 17.1 Å². The first-order valence-corrected chi connectivity index (χ1v) is 9.75. The number of carbonyl (C=O) groups is 1. The molecular formula is C22H20ClN5O2. The zero-order chi connectivity index (χ0) is 21.3. The van der Waals surface area contributed by atoms with Gasteiger partial charge in [0.15, 0.2) is 5.82 Å². The van der Waals surface area contributed by atoms with E-state index in [1.807, 2.05) is 44.2 Å². The minimum absolute atomic E-state index is 0.136. The average molecular weight is 422 g/mol. The van der Waals surface area contributed by atoms with Crippen molar-refractivity contribution in [2.24, 2.45) is 0 Å². The molecule has 2 aromatic heterocycles. The number of ether oxygens (including phenoxy) is 1. The van der Waals surface area contributed by atoms with Crippen LogP contribution in [0.15, 0.2) is 48.5 Å². The maximum absolute atomic E-state index is 12.7. The normalized spacial score (nSPS) is 10.9. The van der Waals surface area contributed by atoms with Crippen molar-refractivity contribution >= 4 is 29.0 Å². The molecule has 8 heteroatoms. The molecule has 4 rings (SSSR count). The molecule has 0 aliphatic carbocycles. The number of halogens is 1. The van der Waals surface area contributed by atoms with E-state index in [4.69, 9.17) is 16.3 Å². The summed E-state index contributed by atoms with van der Waals surface area (Å²) in [5.41, 5.74) is 3.78. The molecule has 0 spiro atoms. The summed E-state index contributed by atoms with van der Waals surface area (Å²) in [6, 6.07) is 14.8. The van der Waals surface area contributed by atoms with Gasteiger partial charge in [0.25, 0.3) is 5.78 Å². The zero-order valence-electron chi connectivity index (χ0n) is 16.8. The van der Waals surface area contributed by atoms with E-state index >= 15 is 0 Å². The van der Waals surface area contributed by atoms with Crippen LogP contribution >= 0.6 is 11.6 Å². The summed E-state index contributed by atoms with van der Waals surface area (Å²) in [6.45, 7) is 3.78. The fraction of sp³-hybridized carbons (Fsp3) is 0.182. The first-order valence-electron chi connectivity index (χ1n) is 9.38. The molecule has 0 atom stereocenters. The highest BCUT2D eigenvalue weighted by Gasteiger charge is 2.17. The van der Waals surface area contributed by atoms with Gasteiger partial charge in [0.05, 0.1) is 19.2 Å². The summed E-state index contributed by atoms with van der Waals surface area (Å²) in [7, 11) is 1.54. The smallest absolute Gasteiger partial charge is 0.253 e. The molecule has 4 aromatic rings. The first-order chi connectivity index (χ1) is 14.5. The number of hydrogen-bond donors (Lipinski definition) is 1. The van der Waals surface area contributed by atoms with E-state index in [1.54, 1.807) is 29.8 Å². The fourth-order valence-electron chi connectivity index (χ4n) is 3.31. The second kappa shape index (κ2) is 8.12. The Balaban J connectivity index is 1.64. The predicted molar refractivity (Wildman–Crippen MR) is 116 cm³/mol. The molecule has 0 aliphatic rings. The van der Waals surface area contributed by atoms with Crippen LogP contribution < -0.4 is 10.1 Å². The molecule has 0 unspecified atom stereocenters. The third-order valence-corrected chi connectivity index (χ3v) is 5.09. The summed E-state index contributed by atoms with van der Waals surface area (Å²) < 4.78 is 6.97. The van der Waals surface area contributed by atoms with Crippen LogP contribution in [-0.2, 0) is 11.2 Å². The predicted octanol–water partition coefficient (Wildman–Crippen LogP) is 4.25. The van der Waals surface area contributed by atoms with Crippen molar-refractivity contribution in [3.05, 3.63) is 70.5 Å². The molecule has 2 heterocycles. The van der Waals surface area contributed by atoms with Gasteiger partial charge in [-0.25, -0.2) is 9.50 Å². The standard InChI is InChI=1S/C22H20ClN5O2/c1-13-17(12-20(29)25-18-11-16(23)9-10-19(18)30-3)14(2)28-22(24-13)26-21(27-28)15-7-5-4-6-8-15/h4-11H,12H2,1-3H3,(H,25,29). The first kappa shape index (κ1) is 19.8. The van der Waals surface area contributed by atoms with Gasteiger partial charge in [0, 0.05) is 27.5 Å². The Morgan fingerprint density at radius 2 is 1.90 bits per heavy atom. The lowest BCUT2D eigenvalue weighted by Gasteiger charge is -2.13. The number of methoxy groups -OCH3 is 1. The van der Waals surface area contributed by atoms with Gasteiger partial charge in [-0.05, 0) is 32.0 Å². The molecule has 7 nitrogen and oxygen atoms in total. The molecular weight excluding hydrogens is 402 g/mol. The van der Waals surface area contributed by atoms with E-state index in [2.05, 4.69) is 20.4 Å². The largest absolute Gasteiger partial charge is 0.495 e. The van der Waals surface area contributed by atoms with Crippen molar-refractivity contribution in [1.29, 1.82) is 0 Å². The van der Waals surface area contributed by atoms with Crippen LogP contribution in [-0.4, -0.2) is 32.6 Å². The number of benzene rings is 2. The molecule has 30 heavy (non-hydrogen) atoms. The monoisotopic (exact) mass is 421 g/mol. The third kappa shape index (κ3) is 3.84. The number of hydrogen-bond acceptors (Lipinski definition) is 5. The van der Waals surface area contributed by atoms with E-state index in [-0.39, 0.29) is 12.3 Å². The van der Waals surface area contributed by atoms with Crippen molar-refractivity contribution < 1.29 is 9.53 Å². The zero-order valence-corrected chi connectivity index (χ0v) is 17.6. The van der Waals surface area contributed by atoms with Crippen LogP contribution in [0.1, 0.15) is 17.0 Å². The lowest BCUT2D eigenvalue weighted by molar-refractivity contribution is -0.115. The Morgan fingerprint density at radius 1 is 1.13 bits per heavy atom. The number of nitrogens with one attached hydrogen (secondary N) is 1. The van der Waals surface area contributed by atoms with Gasteiger partial charge in [-0.15, -0.1) is 5.10 Å². The highest BCUT2D eigenvalue weighted by Crippen LogP contribution is 2.28. The summed E-state index contributed by atoms with van der Waals surface area (Å²) in [5.74, 6) is 1.44. The highest BCUT2D eigenvalue weighted by molar-refractivity contribution is 6.31. The summed E-state index contributed by atoms with van der Waals surface area (Å²) in [6.07, 6.45) is 0.136. The van der Waals surface area contributed by atoms with E-state index in [0.717, 1.165) is 22.5 Å². The van der Waals surface area contributed by atoms with Crippen molar-refractivity contribution in [2.45, 2.75) is 20.3 Å². The molecule has 0 bridgehead atoms. The maximum atomic E-state index is 12.7. The summed E-state index contributed by atoms with van der Waals surface area (Å²) in [4.78, 5) is 21.8. The van der Waals surface area contributed by atoms with Gasteiger partial charge in [-0.1, -0.05) is 41.9 Å². The molecule has 0 saturated heterocycles. The summed E-state index contributed by atoms with van der Waals surface area (Å²) >= 11 is 6.05. The van der Waals surface area contributed by atoms with Crippen LogP contribution in [0, 0.1) is 13.8 Å². The Labute approximate surface area is 178 Å². The molecule has 1 amide bonds. The van der Waals surface area contributed by atoms with Gasteiger partial charge < -0.3 is 10.1 Å². The van der Waals surface area contributed by atoms with Crippen LogP contribution in [0.3, 0.4) is 0 Å². The topological polar surface area (TPSA) is 81.4 Å². The second-order valence-corrected chi connectivity index (χ2v) is 7.28. The molecule has 0 aliphatic heterocycles. The average Bonchev–Trinajstić information content (AvgIpc) is 3.16. The van der Waals surface area contributed by atoms with Crippen LogP contribution in [0.5, 0.6) is 5.75 Å². The van der Waals surface area contributed by atoms with Gasteiger partial charge in [-0.2, -0.15) is 4.98 Å². The molecule has 0 fully saturated rings. The van der Waals surface area contributed by atoms with Gasteiger partial charge in [0.1, 0.15) is 5.75 Å². The highest BCUT2D eigenvalue weighted by atomic mass is 35.5. The Kier molecular flexibility index (Phi) is 5.37. The number of aromatic nitrogens is 4. The molecule has 2 aromatic carbocycles. The van der Waals surface area contributed by atoms with E-state index in [1.165, 1.54) is 0 Å². The molecule has 152 valence electrons. The number of aryl methyl sites for hydroxylation is 2. The van der Waals surface area contributed by atoms with E-state index in [9.17, 15) is 4.79 Å². The minimum Gasteiger partial charge on any atom is -0.495 e. The lowest BCUT2D eigenvalue weighted by Crippen LogP contribution is -2.18. The van der Waals surface area contributed by atoms with Crippen molar-refractivity contribution in [3.63, 3.8) is 0 Å². The number of rotatable bonds is 5. The van der Waals surface area contributed by atoms with E-state index < -0.39 is 0 Å². The van der Waals surface area contributed by atoms with Crippen LogP contribution in [0.25, 0.3) is 17.2 Å². The van der Waals surface area contributed by atoms with Crippen molar-refractivity contribution in [1.82, 2.24) is 19.6 Å². The number of nitrogens with zero attached hydrogens (tertiary/aromatic N) is 4. The molecule has 0 saturated carbocycles. The number of amides is 1. The van der Waals surface area contributed by atoms with Gasteiger partial charge in [0.2, 0.25) is 5.91 Å². The van der Waals surface area contributed by atoms with Crippen LogP contribution in [0.4, 0.5) is 5.69 Å². The number of carbonyl (C=O) groups excluding carboxylic acids is 1. The van der Waals surface area contributed by atoms with E-state index in [0.29, 0.717) is 28.1 Å². The minimum atomic E-state index is -0.202. The molecule has 1 N–H and O–H groups in total.